The van der Waals surface area contributed by atoms with E-state index in [1.54, 1.807) is 5.56 Å². The Morgan fingerprint density at radius 2 is 2.11 bits per heavy atom. The average Bonchev–Trinajstić information content (AvgIpc) is 2.88. The van der Waals surface area contributed by atoms with Gasteiger partial charge in [-0.1, -0.05) is 31.2 Å². The molecule has 2 unspecified atom stereocenters. The Hall–Kier alpha value is -1.12. The highest BCUT2D eigenvalue weighted by Crippen LogP contribution is 2.34. The second kappa shape index (κ2) is 5.48. The van der Waals surface area contributed by atoms with Crippen LogP contribution in [0.3, 0.4) is 0 Å². The maximum atomic E-state index is 3.69. The van der Waals surface area contributed by atoms with E-state index in [1.807, 2.05) is 11.3 Å². The third kappa shape index (κ3) is 2.60. The van der Waals surface area contributed by atoms with E-state index < -0.39 is 0 Å². The van der Waals surface area contributed by atoms with Gasteiger partial charge in [-0.2, -0.15) is 0 Å². The van der Waals surface area contributed by atoms with Crippen molar-refractivity contribution in [1.82, 2.24) is 5.32 Å². The molecule has 1 nitrogen and oxygen atoms in total. The van der Waals surface area contributed by atoms with Gasteiger partial charge in [0.2, 0.25) is 0 Å². The van der Waals surface area contributed by atoms with Crippen LogP contribution in [0.15, 0.2) is 36.4 Å². The SMILES string of the molecule is CCc1ccc(C(C)NCC2Cc3ccccc32)s1. The fourth-order valence-electron chi connectivity index (χ4n) is 2.78. The minimum absolute atomic E-state index is 0.470. The Morgan fingerprint density at radius 1 is 1.26 bits per heavy atom. The van der Waals surface area contributed by atoms with Crippen molar-refractivity contribution >= 4 is 11.3 Å². The van der Waals surface area contributed by atoms with Crippen molar-refractivity contribution in [1.29, 1.82) is 0 Å². The summed E-state index contributed by atoms with van der Waals surface area (Å²) in [6, 6.07) is 13.8. The highest BCUT2D eigenvalue weighted by atomic mass is 32.1. The van der Waals surface area contributed by atoms with Crippen molar-refractivity contribution in [2.45, 2.75) is 38.6 Å². The van der Waals surface area contributed by atoms with Crippen LogP contribution in [0.5, 0.6) is 0 Å². The molecule has 0 amide bonds. The van der Waals surface area contributed by atoms with E-state index in [0.717, 1.165) is 13.0 Å². The first-order valence-corrected chi connectivity index (χ1v) is 7.99. The zero-order valence-electron chi connectivity index (χ0n) is 11.6. The monoisotopic (exact) mass is 271 g/mol. The molecule has 0 aliphatic heterocycles. The van der Waals surface area contributed by atoms with Gasteiger partial charge >= 0.3 is 0 Å². The first-order chi connectivity index (χ1) is 9.28. The van der Waals surface area contributed by atoms with Gasteiger partial charge in [-0.15, -0.1) is 11.3 Å². The van der Waals surface area contributed by atoms with Gasteiger partial charge in [0.1, 0.15) is 0 Å². The van der Waals surface area contributed by atoms with Gasteiger partial charge in [-0.05, 0) is 43.0 Å². The topological polar surface area (TPSA) is 12.0 Å². The first-order valence-electron chi connectivity index (χ1n) is 7.17. The quantitative estimate of drug-likeness (QED) is 0.855. The van der Waals surface area contributed by atoms with Crippen molar-refractivity contribution in [3.05, 3.63) is 57.3 Å². The van der Waals surface area contributed by atoms with E-state index >= 15 is 0 Å². The smallest absolute Gasteiger partial charge is 0.0386 e. The Morgan fingerprint density at radius 3 is 2.84 bits per heavy atom. The van der Waals surface area contributed by atoms with Crippen LogP contribution in [0, 0.1) is 0 Å². The van der Waals surface area contributed by atoms with E-state index in [2.05, 4.69) is 55.6 Å². The van der Waals surface area contributed by atoms with Crippen LogP contribution in [0.25, 0.3) is 0 Å². The van der Waals surface area contributed by atoms with Crippen LogP contribution in [-0.4, -0.2) is 6.54 Å². The number of rotatable bonds is 5. The van der Waals surface area contributed by atoms with E-state index in [0.29, 0.717) is 12.0 Å². The predicted octanol–water partition coefficient (Wildman–Crippen LogP) is 4.30. The number of benzene rings is 1. The summed E-state index contributed by atoms with van der Waals surface area (Å²) in [7, 11) is 0. The van der Waals surface area contributed by atoms with Crippen molar-refractivity contribution in [3.63, 3.8) is 0 Å². The van der Waals surface area contributed by atoms with Crippen molar-refractivity contribution in [3.8, 4) is 0 Å². The summed E-state index contributed by atoms with van der Waals surface area (Å²) < 4.78 is 0. The fourth-order valence-corrected chi connectivity index (χ4v) is 3.76. The van der Waals surface area contributed by atoms with Gasteiger partial charge < -0.3 is 5.32 Å². The Bertz CT molecular complexity index is 558. The highest BCUT2D eigenvalue weighted by molar-refractivity contribution is 7.12. The molecule has 1 heterocycles. The van der Waals surface area contributed by atoms with Crippen LogP contribution < -0.4 is 5.32 Å². The number of nitrogens with one attached hydrogen (secondary N) is 1. The fraction of sp³-hybridized carbons (Fsp3) is 0.412. The molecule has 0 saturated heterocycles. The van der Waals surface area contributed by atoms with Gasteiger partial charge in [0.15, 0.2) is 0 Å². The van der Waals surface area contributed by atoms with Crippen LogP contribution in [0.2, 0.25) is 0 Å². The first kappa shape index (κ1) is 12.9. The Labute approximate surface area is 119 Å². The lowest BCUT2D eigenvalue weighted by molar-refractivity contribution is 0.493. The van der Waals surface area contributed by atoms with E-state index in [1.165, 1.54) is 21.7 Å². The summed E-state index contributed by atoms with van der Waals surface area (Å²) in [5, 5.41) is 3.69. The lowest BCUT2D eigenvalue weighted by Crippen LogP contribution is -2.30. The molecule has 2 atom stereocenters. The van der Waals surface area contributed by atoms with E-state index in [-0.39, 0.29) is 0 Å². The Kier molecular flexibility index (Phi) is 3.72. The normalized spacial score (nSPS) is 18.7. The molecule has 19 heavy (non-hydrogen) atoms. The van der Waals surface area contributed by atoms with Crippen molar-refractivity contribution < 1.29 is 0 Å². The number of aryl methyl sites for hydroxylation is 1. The zero-order valence-corrected chi connectivity index (χ0v) is 12.5. The van der Waals surface area contributed by atoms with Crippen LogP contribution in [-0.2, 0) is 12.8 Å². The molecule has 0 fully saturated rings. The van der Waals surface area contributed by atoms with E-state index in [4.69, 9.17) is 0 Å². The third-order valence-corrected chi connectivity index (χ3v) is 5.50. The summed E-state index contributed by atoms with van der Waals surface area (Å²) in [4.78, 5) is 2.95. The molecule has 3 rings (SSSR count). The molecule has 2 aromatic rings. The van der Waals surface area contributed by atoms with Gasteiger partial charge in [0.05, 0.1) is 0 Å². The molecule has 0 saturated carbocycles. The Balaban J connectivity index is 1.56. The van der Waals surface area contributed by atoms with Crippen molar-refractivity contribution in [2.24, 2.45) is 0 Å². The standard InChI is InChI=1S/C17H21NS/c1-3-15-8-9-17(19-15)12(2)18-11-14-10-13-6-4-5-7-16(13)14/h4-9,12,14,18H,3,10-11H2,1-2H3. The van der Waals surface area contributed by atoms with Gasteiger partial charge in [0, 0.05) is 28.3 Å². The minimum Gasteiger partial charge on any atom is -0.309 e. The molecule has 1 aliphatic rings. The van der Waals surface area contributed by atoms with Gasteiger partial charge in [-0.3, -0.25) is 0 Å². The lowest BCUT2D eigenvalue weighted by Gasteiger charge is -2.31. The third-order valence-electron chi connectivity index (χ3n) is 4.09. The number of thiophene rings is 1. The molecular weight excluding hydrogens is 250 g/mol. The molecule has 2 heteroatoms. The molecule has 0 spiro atoms. The molecule has 0 radical (unpaired) electrons. The summed E-state index contributed by atoms with van der Waals surface area (Å²) in [5.74, 6) is 0.712. The average molecular weight is 271 g/mol. The van der Waals surface area contributed by atoms with Crippen LogP contribution in [0.4, 0.5) is 0 Å². The van der Waals surface area contributed by atoms with Crippen molar-refractivity contribution in [2.75, 3.05) is 6.54 Å². The number of hydrogen-bond acceptors (Lipinski definition) is 2. The molecule has 100 valence electrons. The number of fused-ring (bicyclic) bond motifs is 1. The molecule has 1 N–H and O–H groups in total. The summed E-state index contributed by atoms with van der Waals surface area (Å²) in [5.41, 5.74) is 3.08. The molecule has 1 aliphatic carbocycles. The predicted molar refractivity (Wildman–Crippen MR) is 83.0 cm³/mol. The van der Waals surface area contributed by atoms with Crippen LogP contribution in [0.1, 0.15) is 46.7 Å². The van der Waals surface area contributed by atoms with Gasteiger partial charge in [-0.25, -0.2) is 0 Å². The molecule has 0 bridgehead atoms. The maximum absolute atomic E-state index is 3.69. The minimum atomic E-state index is 0.470. The molecule has 1 aromatic heterocycles. The number of hydrogen-bond donors (Lipinski definition) is 1. The second-order valence-corrected chi connectivity index (χ2v) is 6.59. The van der Waals surface area contributed by atoms with Crippen LogP contribution >= 0.6 is 11.3 Å². The van der Waals surface area contributed by atoms with E-state index in [9.17, 15) is 0 Å². The second-order valence-electron chi connectivity index (χ2n) is 5.39. The highest BCUT2D eigenvalue weighted by Gasteiger charge is 2.25. The summed E-state index contributed by atoms with van der Waals surface area (Å²) in [6.07, 6.45) is 2.38. The summed E-state index contributed by atoms with van der Waals surface area (Å²) in [6.45, 7) is 5.59. The molecule has 1 aromatic carbocycles. The maximum Gasteiger partial charge on any atom is 0.0386 e. The molecular formula is C17H21NS. The van der Waals surface area contributed by atoms with Gasteiger partial charge in [0.25, 0.3) is 0 Å². The summed E-state index contributed by atoms with van der Waals surface area (Å²) >= 11 is 1.94. The zero-order chi connectivity index (χ0) is 13.2. The lowest BCUT2D eigenvalue weighted by atomic mass is 9.77. The largest absolute Gasteiger partial charge is 0.309 e.